The molecule has 1 aliphatic rings. The molecule has 1 amide bonds. The number of benzene rings is 1. The SMILES string of the molecule is Cc1ccc(CNC(=O)C[C@H]2CSc3nccc(=O)n32)cc1. The Bertz CT molecular complexity index is 740. The van der Waals surface area contributed by atoms with Crippen LogP contribution >= 0.6 is 11.8 Å². The van der Waals surface area contributed by atoms with Crippen molar-refractivity contribution in [3.8, 4) is 0 Å². The van der Waals surface area contributed by atoms with Crippen LogP contribution in [0.25, 0.3) is 0 Å². The van der Waals surface area contributed by atoms with E-state index in [-0.39, 0.29) is 17.5 Å². The lowest BCUT2D eigenvalue weighted by Crippen LogP contribution is -2.30. The summed E-state index contributed by atoms with van der Waals surface area (Å²) in [5.41, 5.74) is 2.17. The molecule has 5 nitrogen and oxygen atoms in total. The van der Waals surface area contributed by atoms with Gasteiger partial charge in [0.05, 0.1) is 6.04 Å². The lowest BCUT2D eigenvalue weighted by molar-refractivity contribution is -0.121. The van der Waals surface area contributed by atoms with E-state index in [0.29, 0.717) is 23.9 Å². The molecule has 0 bridgehead atoms. The quantitative estimate of drug-likeness (QED) is 0.875. The van der Waals surface area contributed by atoms with Crippen molar-refractivity contribution in [2.24, 2.45) is 0 Å². The smallest absolute Gasteiger partial charge is 0.254 e. The Morgan fingerprint density at radius 2 is 2.14 bits per heavy atom. The highest BCUT2D eigenvalue weighted by Gasteiger charge is 2.26. The summed E-state index contributed by atoms with van der Waals surface area (Å²) >= 11 is 1.52. The minimum Gasteiger partial charge on any atom is -0.352 e. The highest BCUT2D eigenvalue weighted by atomic mass is 32.2. The topological polar surface area (TPSA) is 64.0 Å². The molecule has 3 rings (SSSR count). The zero-order valence-corrected chi connectivity index (χ0v) is 13.1. The van der Waals surface area contributed by atoms with E-state index >= 15 is 0 Å². The molecule has 0 saturated carbocycles. The van der Waals surface area contributed by atoms with Gasteiger partial charge in [-0.2, -0.15) is 0 Å². The monoisotopic (exact) mass is 315 g/mol. The van der Waals surface area contributed by atoms with E-state index in [2.05, 4.69) is 10.3 Å². The second-order valence-corrected chi connectivity index (χ2v) is 6.35. The van der Waals surface area contributed by atoms with Gasteiger partial charge in [-0.1, -0.05) is 41.6 Å². The van der Waals surface area contributed by atoms with Gasteiger partial charge in [-0.25, -0.2) is 4.98 Å². The van der Waals surface area contributed by atoms with Gasteiger partial charge in [0.1, 0.15) is 0 Å². The van der Waals surface area contributed by atoms with Gasteiger partial charge in [0.25, 0.3) is 5.56 Å². The summed E-state index contributed by atoms with van der Waals surface area (Å²) in [5, 5.41) is 3.61. The van der Waals surface area contributed by atoms with Crippen LogP contribution in [0, 0.1) is 6.92 Å². The van der Waals surface area contributed by atoms with Gasteiger partial charge in [-0.15, -0.1) is 0 Å². The van der Waals surface area contributed by atoms with Gasteiger partial charge in [-0.3, -0.25) is 14.2 Å². The first-order valence-electron chi connectivity index (χ1n) is 7.16. The minimum absolute atomic E-state index is 0.0465. The minimum atomic E-state index is -0.112. The van der Waals surface area contributed by atoms with Crippen molar-refractivity contribution in [1.82, 2.24) is 14.9 Å². The first-order chi connectivity index (χ1) is 10.6. The Morgan fingerprint density at radius 1 is 1.36 bits per heavy atom. The van der Waals surface area contributed by atoms with Crippen molar-refractivity contribution in [2.75, 3.05) is 5.75 Å². The van der Waals surface area contributed by atoms with Crippen LogP contribution < -0.4 is 10.9 Å². The van der Waals surface area contributed by atoms with E-state index in [1.807, 2.05) is 31.2 Å². The Hall–Kier alpha value is -2.08. The fourth-order valence-corrected chi connectivity index (χ4v) is 3.55. The molecule has 0 fully saturated rings. The molecular formula is C16H17N3O2S. The third-order valence-corrected chi connectivity index (χ3v) is 4.76. The third-order valence-electron chi connectivity index (χ3n) is 3.65. The van der Waals surface area contributed by atoms with Crippen LogP contribution in [-0.4, -0.2) is 21.2 Å². The molecule has 2 aromatic rings. The molecule has 2 heterocycles. The summed E-state index contributed by atoms with van der Waals surface area (Å²) in [5.74, 6) is 0.666. The molecule has 0 saturated heterocycles. The molecule has 1 aliphatic heterocycles. The summed E-state index contributed by atoms with van der Waals surface area (Å²) in [6.07, 6.45) is 1.82. The molecule has 6 heteroatoms. The molecule has 22 heavy (non-hydrogen) atoms. The fourth-order valence-electron chi connectivity index (χ4n) is 2.43. The van der Waals surface area contributed by atoms with Crippen LogP contribution in [0.3, 0.4) is 0 Å². The van der Waals surface area contributed by atoms with Gasteiger partial charge in [-0.05, 0) is 12.5 Å². The fraction of sp³-hybridized carbons (Fsp3) is 0.312. The molecule has 0 aliphatic carbocycles. The summed E-state index contributed by atoms with van der Waals surface area (Å²) in [4.78, 5) is 28.2. The summed E-state index contributed by atoms with van der Waals surface area (Å²) in [6, 6.07) is 9.38. The molecule has 1 atom stereocenters. The Balaban J connectivity index is 1.60. The Morgan fingerprint density at radius 3 is 2.91 bits per heavy atom. The van der Waals surface area contributed by atoms with Crippen LogP contribution in [0.4, 0.5) is 0 Å². The van der Waals surface area contributed by atoms with E-state index in [9.17, 15) is 9.59 Å². The lowest BCUT2D eigenvalue weighted by atomic mass is 10.1. The molecular weight excluding hydrogens is 298 g/mol. The number of nitrogens with one attached hydrogen (secondary N) is 1. The highest BCUT2D eigenvalue weighted by Crippen LogP contribution is 2.31. The van der Waals surface area contributed by atoms with Crippen LogP contribution in [0.2, 0.25) is 0 Å². The van der Waals surface area contributed by atoms with Crippen molar-refractivity contribution < 1.29 is 4.79 Å². The van der Waals surface area contributed by atoms with Gasteiger partial charge >= 0.3 is 0 Å². The summed E-state index contributed by atoms with van der Waals surface area (Å²) in [7, 11) is 0. The number of hydrogen-bond acceptors (Lipinski definition) is 4. The van der Waals surface area contributed by atoms with Crippen LogP contribution in [-0.2, 0) is 11.3 Å². The largest absolute Gasteiger partial charge is 0.352 e. The van der Waals surface area contributed by atoms with Crippen LogP contribution in [0.1, 0.15) is 23.6 Å². The number of hydrogen-bond donors (Lipinski definition) is 1. The van der Waals surface area contributed by atoms with E-state index in [1.165, 1.54) is 29.6 Å². The second kappa shape index (κ2) is 6.36. The lowest BCUT2D eigenvalue weighted by Gasteiger charge is -2.13. The normalized spacial score (nSPS) is 16.3. The number of nitrogens with zero attached hydrogens (tertiary/aromatic N) is 2. The molecule has 1 N–H and O–H groups in total. The number of amides is 1. The van der Waals surface area contributed by atoms with Gasteiger partial charge in [0.15, 0.2) is 5.16 Å². The summed E-state index contributed by atoms with van der Waals surface area (Å²) in [6.45, 7) is 2.54. The zero-order chi connectivity index (χ0) is 15.5. The zero-order valence-electron chi connectivity index (χ0n) is 12.3. The van der Waals surface area contributed by atoms with Crippen molar-refractivity contribution in [3.05, 3.63) is 58.0 Å². The van der Waals surface area contributed by atoms with Gasteiger partial charge < -0.3 is 5.32 Å². The van der Waals surface area contributed by atoms with Crippen molar-refractivity contribution in [3.63, 3.8) is 0 Å². The van der Waals surface area contributed by atoms with Gasteiger partial charge in [0, 0.05) is 31.0 Å². The standard InChI is InChI=1S/C16H17N3O2S/c1-11-2-4-12(5-3-11)9-18-14(20)8-13-10-22-16-17-7-6-15(21)19(13)16/h2-7,13H,8-10H2,1H3,(H,18,20)/t13-/m0/s1. The van der Waals surface area contributed by atoms with E-state index in [1.54, 1.807) is 4.57 Å². The molecule has 1 aromatic carbocycles. The second-order valence-electron chi connectivity index (χ2n) is 5.37. The van der Waals surface area contributed by atoms with Crippen molar-refractivity contribution in [1.29, 1.82) is 0 Å². The van der Waals surface area contributed by atoms with E-state index in [0.717, 1.165) is 5.56 Å². The number of aryl methyl sites for hydroxylation is 1. The molecule has 1 aromatic heterocycles. The van der Waals surface area contributed by atoms with E-state index in [4.69, 9.17) is 0 Å². The van der Waals surface area contributed by atoms with Crippen LogP contribution in [0.5, 0.6) is 0 Å². The third kappa shape index (κ3) is 3.22. The number of rotatable bonds is 4. The first kappa shape index (κ1) is 14.8. The Labute approximate surface area is 132 Å². The number of thioether (sulfide) groups is 1. The molecule has 0 spiro atoms. The summed E-state index contributed by atoms with van der Waals surface area (Å²) < 4.78 is 1.62. The molecule has 114 valence electrons. The number of carbonyl (C=O) groups excluding carboxylic acids is 1. The molecule has 0 unspecified atom stereocenters. The Kier molecular flexibility index (Phi) is 4.29. The van der Waals surface area contributed by atoms with Crippen molar-refractivity contribution >= 4 is 17.7 Å². The predicted molar refractivity (Wildman–Crippen MR) is 85.9 cm³/mol. The molecule has 0 radical (unpaired) electrons. The predicted octanol–water partition coefficient (Wildman–Crippen LogP) is 1.91. The average molecular weight is 315 g/mol. The first-order valence-corrected chi connectivity index (χ1v) is 8.14. The number of carbonyl (C=O) groups is 1. The van der Waals surface area contributed by atoms with Gasteiger partial charge in [0.2, 0.25) is 5.91 Å². The maximum atomic E-state index is 12.1. The number of fused-ring (bicyclic) bond motifs is 1. The number of aromatic nitrogens is 2. The van der Waals surface area contributed by atoms with Crippen molar-refractivity contribution in [2.45, 2.75) is 31.1 Å². The van der Waals surface area contributed by atoms with E-state index < -0.39 is 0 Å². The maximum Gasteiger partial charge on any atom is 0.254 e. The highest BCUT2D eigenvalue weighted by molar-refractivity contribution is 7.99. The average Bonchev–Trinajstić information content (AvgIpc) is 2.91. The maximum absolute atomic E-state index is 12.1. The van der Waals surface area contributed by atoms with Crippen LogP contribution in [0.15, 0.2) is 46.5 Å².